The zero-order valence-corrected chi connectivity index (χ0v) is 17.7. The number of methoxy groups -OCH3 is 2. The molecule has 0 bridgehead atoms. The van der Waals surface area contributed by atoms with Crippen molar-refractivity contribution >= 4 is 0 Å². The molecule has 27 heavy (non-hydrogen) atoms. The first-order chi connectivity index (χ1) is 12.6. The molecule has 4 atom stereocenters. The Labute approximate surface area is 163 Å². The molecule has 0 saturated heterocycles. The van der Waals surface area contributed by atoms with Crippen molar-refractivity contribution in [2.24, 2.45) is 23.2 Å². The fourth-order valence-corrected chi connectivity index (χ4v) is 5.72. The lowest BCUT2D eigenvalue weighted by molar-refractivity contribution is -0.0731. The van der Waals surface area contributed by atoms with Crippen molar-refractivity contribution in [1.82, 2.24) is 0 Å². The molecular weight excluding hydrogens is 340 g/mol. The Morgan fingerprint density at radius 3 is 2.30 bits per heavy atom. The number of rotatable bonds is 7. The maximum absolute atomic E-state index is 11.8. The molecule has 1 aromatic rings. The standard InChI is InChI=1S/C23H36O4/c1-14(2)9-16(21-19(24)10-17(26-5)11-20(21)27-6)13-23(25)12-15-7-8-18(15)22(23,3)4/h10-11,14-16,18,24-25H,7-9,12-13H2,1-6H3. The molecule has 152 valence electrons. The highest BCUT2D eigenvalue weighted by molar-refractivity contribution is 5.52. The lowest BCUT2D eigenvalue weighted by Crippen LogP contribution is -2.44. The number of fused-ring (bicyclic) bond motifs is 1. The molecular formula is C23H36O4. The van der Waals surface area contributed by atoms with Crippen LogP contribution in [0.2, 0.25) is 0 Å². The third kappa shape index (κ3) is 3.41. The Hall–Kier alpha value is -1.42. The third-order valence-electron chi connectivity index (χ3n) is 7.44. The van der Waals surface area contributed by atoms with Crippen molar-refractivity contribution in [3.05, 3.63) is 17.7 Å². The first kappa shape index (κ1) is 20.3. The van der Waals surface area contributed by atoms with E-state index >= 15 is 0 Å². The van der Waals surface area contributed by atoms with Crippen molar-refractivity contribution in [1.29, 1.82) is 0 Å². The van der Waals surface area contributed by atoms with Crippen molar-refractivity contribution < 1.29 is 19.7 Å². The first-order valence-corrected chi connectivity index (χ1v) is 10.3. The molecule has 2 aliphatic carbocycles. The van der Waals surface area contributed by atoms with E-state index in [2.05, 4.69) is 27.7 Å². The highest BCUT2D eigenvalue weighted by atomic mass is 16.5. The quantitative estimate of drug-likeness (QED) is 0.694. The number of aromatic hydroxyl groups is 1. The summed E-state index contributed by atoms with van der Waals surface area (Å²) in [6.07, 6.45) is 4.89. The van der Waals surface area contributed by atoms with Crippen LogP contribution in [-0.4, -0.2) is 30.0 Å². The Morgan fingerprint density at radius 2 is 1.85 bits per heavy atom. The van der Waals surface area contributed by atoms with E-state index in [1.54, 1.807) is 20.3 Å². The van der Waals surface area contributed by atoms with Crippen LogP contribution in [0.3, 0.4) is 0 Å². The molecule has 2 fully saturated rings. The first-order valence-electron chi connectivity index (χ1n) is 10.3. The molecule has 0 amide bonds. The monoisotopic (exact) mass is 376 g/mol. The number of aliphatic hydroxyl groups is 1. The number of benzene rings is 1. The average molecular weight is 377 g/mol. The summed E-state index contributed by atoms with van der Waals surface area (Å²) in [6.45, 7) is 8.84. The second-order valence-electron chi connectivity index (χ2n) is 9.69. The van der Waals surface area contributed by atoms with Crippen LogP contribution < -0.4 is 9.47 Å². The van der Waals surface area contributed by atoms with E-state index in [-0.39, 0.29) is 17.1 Å². The molecule has 4 nitrogen and oxygen atoms in total. The van der Waals surface area contributed by atoms with Crippen molar-refractivity contribution in [3.8, 4) is 17.2 Å². The largest absolute Gasteiger partial charge is 0.507 e. The van der Waals surface area contributed by atoms with Gasteiger partial charge in [0, 0.05) is 17.7 Å². The fraction of sp³-hybridized carbons (Fsp3) is 0.739. The van der Waals surface area contributed by atoms with E-state index in [0.29, 0.717) is 35.7 Å². The summed E-state index contributed by atoms with van der Waals surface area (Å²) in [6, 6.07) is 3.48. The summed E-state index contributed by atoms with van der Waals surface area (Å²) in [7, 11) is 3.21. The molecule has 2 saturated carbocycles. The van der Waals surface area contributed by atoms with E-state index in [1.807, 2.05) is 6.07 Å². The Kier molecular flexibility index (Phi) is 5.42. The van der Waals surface area contributed by atoms with Gasteiger partial charge in [0.2, 0.25) is 0 Å². The van der Waals surface area contributed by atoms with Gasteiger partial charge >= 0.3 is 0 Å². The summed E-state index contributed by atoms with van der Waals surface area (Å²) in [4.78, 5) is 0. The number of phenolic OH excluding ortho intramolecular Hbond substituents is 1. The lowest BCUT2D eigenvalue weighted by atomic mass is 9.63. The second kappa shape index (κ2) is 7.20. The molecule has 0 aromatic heterocycles. The van der Waals surface area contributed by atoms with Crippen LogP contribution in [0.25, 0.3) is 0 Å². The van der Waals surface area contributed by atoms with Gasteiger partial charge in [-0.15, -0.1) is 0 Å². The highest BCUT2D eigenvalue weighted by Crippen LogP contribution is 2.64. The van der Waals surface area contributed by atoms with Gasteiger partial charge < -0.3 is 19.7 Å². The molecule has 0 radical (unpaired) electrons. The maximum atomic E-state index is 11.8. The summed E-state index contributed by atoms with van der Waals surface area (Å²) in [5.41, 5.74) is -0.00792. The van der Waals surface area contributed by atoms with Gasteiger partial charge in [0.15, 0.2) is 0 Å². The third-order valence-corrected chi connectivity index (χ3v) is 7.44. The number of ether oxygens (including phenoxy) is 2. The molecule has 1 aromatic carbocycles. The Morgan fingerprint density at radius 1 is 1.15 bits per heavy atom. The zero-order chi connectivity index (χ0) is 20.0. The van der Waals surface area contributed by atoms with Gasteiger partial charge in [-0.05, 0) is 61.2 Å². The van der Waals surface area contributed by atoms with Gasteiger partial charge in [-0.2, -0.15) is 0 Å². The van der Waals surface area contributed by atoms with Crippen LogP contribution in [0.1, 0.15) is 71.3 Å². The Balaban J connectivity index is 1.98. The van der Waals surface area contributed by atoms with Gasteiger partial charge in [-0.25, -0.2) is 0 Å². The summed E-state index contributed by atoms with van der Waals surface area (Å²) in [5, 5.41) is 22.5. The van der Waals surface area contributed by atoms with Crippen LogP contribution in [-0.2, 0) is 0 Å². The number of hydrogen-bond donors (Lipinski definition) is 2. The maximum Gasteiger partial charge on any atom is 0.129 e. The van der Waals surface area contributed by atoms with Crippen LogP contribution in [0.15, 0.2) is 12.1 Å². The predicted octanol–water partition coefficient (Wildman–Crippen LogP) is 5.12. The molecule has 3 rings (SSSR count). The molecule has 0 spiro atoms. The summed E-state index contributed by atoms with van der Waals surface area (Å²) in [5.74, 6) is 3.16. The van der Waals surface area contributed by atoms with Gasteiger partial charge in [-0.1, -0.05) is 27.7 Å². The minimum atomic E-state index is -0.713. The van der Waals surface area contributed by atoms with E-state index < -0.39 is 5.60 Å². The molecule has 2 N–H and O–H groups in total. The van der Waals surface area contributed by atoms with Crippen molar-refractivity contribution in [2.75, 3.05) is 14.2 Å². The minimum Gasteiger partial charge on any atom is -0.507 e. The van der Waals surface area contributed by atoms with Crippen LogP contribution in [0, 0.1) is 23.2 Å². The number of hydrogen-bond acceptors (Lipinski definition) is 4. The second-order valence-corrected chi connectivity index (χ2v) is 9.69. The van der Waals surface area contributed by atoms with Crippen molar-refractivity contribution in [3.63, 3.8) is 0 Å². The van der Waals surface area contributed by atoms with E-state index in [9.17, 15) is 10.2 Å². The predicted molar refractivity (Wildman–Crippen MR) is 108 cm³/mol. The minimum absolute atomic E-state index is 0.0348. The molecule has 0 heterocycles. The van der Waals surface area contributed by atoms with E-state index in [0.717, 1.165) is 18.4 Å². The summed E-state index contributed by atoms with van der Waals surface area (Å²) >= 11 is 0. The fourth-order valence-electron chi connectivity index (χ4n) is 5.72. The Bertz CT molecular complexity index is 681. The SMILES string of the molecule is COc1cc(O)c(C(CC(C)C)CC2(O)CC3CCC3C2(C)C)c(OC)c1. The van der Waals surface area contributed by atoms with Crippen molar-refractivity contribution in [2.45, 2.75) is 71.3 Å². The zero-order valence-electron chi connectivity index (χ0n) is 17.7. The molecule has 0 aliphatic heterocycles. The molecule has 2 aliphatic rings. The molecule has 4 heteroatoms. The smallest absolute Gasteiger partial charge is 0.129 e. The van der Waals surface area contributed by atoms with Gasteiger partial charge in [0.1, 0.15) is 17.2 Å². The molecule has 4 unspecified atom stereocenters. The van der Waals surface area contributed by atoms with E-state index in [1.165, 1.54) is 12.8 Å². The topological polar surface area (TPSA) is 58.9 Å². The highest BCUT2D eigenvalue weighted by Gasteiger charge is 2.61. The average Bonchev–Trinajstić information content (AvgIpc) is 2.68. The number of phenols is 1. The van der Waals surface area contributed by atoms with Gasteiger partial charge in [-0.3, -0.25) is 0 Å². The normalized spacial score (nSPS) is 29.9. The van der Waals surface area contributed by atoms with Crippen LogP contribution in [0.5, 0.6) is 17.2 Å². The summed E-state index contributed by atoms with van der Waals surface area (Å²) < 4.78 is 10.9. The van der Waals surface area contributed by atoms with E-state index in [4.69, 9.17) is 9.47 Å². The van der Waals surface area contributed by atoms with Gasteiger partial charge in [0.25, 0.3) is 0 Å². The van der Waals surface area contributed by atoms with Crippen LogP contribution in [0.4, 0.5) is 0 Å². The van der Waals surface area contributed by atoms with Gasteiger partial charge in [0.05, 0.1) is 19.8 Å². The lowest BCUT2D eigenvalue weighted by Gasteiger charge is -2.44. The van der Waals surface area contributed by atoms with Crippen LogP contribution >= 0.6 is 0 Å².